The summed E-state index contributed by atoms with van der Waals surface area (Å²) in [6.07, 6.45) is 5.74. The Bertz CT molecular complexity index is 734. The number of likely N-dealkylation sites (tertiary alicyclic amines) is 1. The van der Waals surface area contributed by atoms with Gasteiger partial charge in [0.1, 0.15) is 0 Å². The number of nitrogens with one attached hydrogen (secondary N) is 1. The van der Waals surface area contributed by atoms with Gasteiger partial charge in [0, 0.05) is 37.4 Å². The summed E-state index contributed by atoms with van der Waals surface area (Å²) < 4.78 is 7.40. The summed E-state index contributed by atoms with van der Waals surface area (Å²) in [5.41, 5.74) is 1.86. The number of carbonyl (C=O) groups excluding carboxylic acids is 1. The van der Waals surface area contributed by atoms with E-state index in [0.717, 1.165) is 43.7 Å². The van der Waals surface area contributed by atoms with E-state index in [0.29, 0.717) is 5.88 Å². The van der Waals surface area contributed by atoms with Crippen molar-refractivity contribution in [1.82, 2.24) is 20.0 Å². The van der Waals surface area contributed by atoms with Gasteiger partial charge in [-0.15, -0.1) is 11.7 Å². The zero-order valence-corrected chi connectivity index (χ0v) is 15.2. The molecule has 6 nitrogen and oxygen atoms in total. The minimum atomic E-state index is -0.0965. The van der Waals surface area contributed by atoms with Gasteiger partial charge < -0.3 is 10.1 Å². The molecule has 1 aliphatic rings. The lowest BCUT2D eigenvalue weighted by Gasteiger charge is -2.31. The number of para-hydroxylation sites is 1. The van der Waals surface area contributed by atoms with Gasteiger partial charge in [-0.2, -0.15) is 0 Å². The quantitative estimate of drug-likeness (QED) is 0.776. The number of amides is 1. The summed E-state index contributed by atoms with van der Waals surface area (Å²) in [5.74, 6) is 0.394. The maximum atomic E-state index is 12.2. The van der Waals surface area contributed by atoms with Crippen molar-refractivity contribution in [1.29, 1.82) is 0 Å². The second-order valence-electron chi connectivity index (χ2n) is 6.62. The van der Waals surface area contributed by atoms with Crippen LogP contribution in [0.5, 0.6) is 5.88 Å². The first-order chi connectivity index (χ1) is 12.7. The summed E-state index contributed by atoms with van der Waals surface area (Å²) >= 11 is 0. The van der Waals surface area contributed by atoms with Crippen LogP contribution in [0.4, 0.5) is 0 Å². The second-order valence-corrected chi connectivity index (χ2v) is 6.62. The molecule has 0 radical (unpaired) electrons. The number of piperidine rings is 1. The molecule has 0 saturated carbocycles. The van der Waals surface area contributed by atoms with Crippen LogP contribution in [0.15, 0.2) is 49.2 Å². The molecule has 1 saturated heterocycles. The zero-order chi connectivity index (χ0) is 18.4. The fraction of sp³-hybridized carbons (Fsp3) is 0.400. The van der Waals surface area contributed by atoms with Crippen molar-refractivity contribution in [3.63, 3.8) is 0 Å². The number of hydrogen-bond donors (Lipinski definition) is 1. The summed E-state index contributed by atoms with van der Waals surface area (Å²) in [5, 5.41) is 7.49. The molecule has 0 aliphatic carbocycles. The Morgan fingerprint density at radius 3 is 2.77 bits per heavy atom. The number of rotatable bonds is 7. The number of benzene rings is 1. The molecule has 0 atom stereocenters. The SMILES string of the molecule is C=CCN1CCC(NC(=O)COc2nn(-c3ccccc3)cc2C)CC1. The standard InChI is InChI=1S/C20H26N4O2/c1-3-11-23-12-9-17(10-13-23)21-19(25)15-26-20-16(2)14-24(22-20)18-7-5-4-6-8-18/h3-8,14,17H,1,9-13,15H2,2H3,(H,21,25). The average molecular weight is 354 g/mol. The molecule has 0 spiro atoms. The molecular formula is C20H26N4O2. The van der Waals surface area contributed by atoms with E-state index in [4.69, 9.17) is 4.74 Å². The highest BCUT2D eigenvalue weighted by molar-refractivity contribution is 5.77. The molecule has 0 bridgehead atoms. The van der Waals surface area contributed by atoms with Crippen LogP contribution >= 0.6 is 0 Å². The van der Waals surface area contributed by atoms with Gasteiger partial charge in [0.25, 0.3) is 5.91 Å². The normalized spacial score (nSPS) is 15.6. The van der Waals surface area contributed by atoms with Gasteiger partial charge in [-0.1, -0.05) is 24.3 Å². The van der Waals surface area contributed by atoms with Crippen LogP contribution < -0.4 is 10.1 Å². The number of aryl methyl sites for hydroxylation is 1. The van der Waals surface area contributed by atoms with Crippen molar-refractivity contribution < 1.29 is 9.53 Å². The van der Waals surface area contributed by atoms with E-state index in [-0.39, 0.29) is 18.6 Å². The van der Waals surface area contributed by atoms with E-state index in [9.17, 15) is 4.79 Å². The van der Waals surface area contributed by atoms with Crippen molar-refractivity contribution in [3.05, 3.63) is 54.7 Å². The van der Waals surface area contributed by atoms with E-state index in [2.05, 4.69) is 21.9 Å². The van der Waals surface area contributed by atoms with Crippen LogP contribution in [0.1, 0.15) is 18.4 Å². The Kier molecular flexibility index (Phi) is 6.07. The number of nitrogens with zero attached hydrogens (tertiary/aromatic N) is 3. The largest absolute Gasteiger partial charge is 0.466 e. The van der Waals surface area contributed by atoms with Crippen molar-refractivity contribution in [2.45, 2.75) is 25.8 Å². The molecular weight excluding hydrogens is 328 g/mol. The van der Waals surface area contributed by atoms with Crippen LogP contribution in [-0.4, -0.2) is 52.9 Å². The number of hydrogen-bond acceptors (Lipinski definition) is 4. The Morgan fingerprint density at radius 1 is 1.35 bits per heavy atom. The van der Waals surface area contributed by atoms with E-state index >= 15 is 0 Å². The Balaban J connectivity index is 1.48. The first-order valence-electron chi connectivity index (χ1n) is 9.03. The molecule has 138 valence electrons. The van der Waals surface area contributed by atoms with Crippen molar-refractivity contribution >= 4 is 5.91 Å². The smallest absolute Gasteiger partial charge is 0.258 e. The predicted molar refractivity (Wildman–Crippen MR) is 102 cm³/mol. The van der Waals surface area contributed by atoms with Crippen LogP contribution in [0, 0.1) is 6.92 Å². The van der Waals surface area contributed by atoms with Crippen molar-refractivity contribution in [2.75, 3.05) is 26.2 Å². The third kappa shape index (κ3) is 4.73. The lowest BCUT2D eigenvalue weighted by molar-refractivity contribution is -0.124. The number of carbonyl (C=O) groups is 1. The molecule has 1 aliphatic heterocycles. The van der Waals surface area contributed by atoms with Gasteiger partial charge in [-0.3, -0.25) is 9.69 Å². The van der Waals surface area contributed by atoms with E-state index < -0.39 is 0 Å². The van der Waals surface area contributed by atoms with Crippen molar-refractivity contribution in [2.24, 2.45) is 0 Å². The molecule has 3 rings (SSSR count). The number of ether oxygens (including phenoxy) is 1. The van der Waals surface area contributed by atoms with E-state index in [1.807, 2.05) is 49.5 Å². The van der Waals surface area contributed by atoms with Gasteiger partial charge in [0.2, 0.25) is 5.88 Å². The minimum absolute atomic E-state index is 0.0144. The van der Waals surface area contributed by atoms with Gasteiger partial charge in [-0.25, -0.2) is 4.68 Å². The minimum Gasteiger partial charge on any atom is -0.466 e. The van der Waals surface area contributed by atoms with Gasteiger partial charge in [0.05, 0.1) is 5.69 Å². The molecule has 2 aromatic rings. The monoisotopic (exact) mass is 354 g/mol. The lowest BCUT2D eigenvalue weighted by Crippen LogP contribution is -2.45. The Hall–Kier alpha value is -2.60. The molecule has 2 heterocycles. The first kappa shape index (κ1) is 18.2. The summed E-state index contributed by atoms with van der Waals surface area (Å²) in [7, 11) is 0. The maximum Gasteiger partial charge on any atom is 0.258 e. The van der Waals surface area contributed by atoms with Crippen LogP contribution in [0.3, 0.4) is 0 Å². The van der Waals surface area contributed by atoms with E-state index in [1.165, 1.54) is 0 Å². The third-order valence-electron chi connectivity index (χ3n) is 4.55. The molecule has 1 fully saturated rings. The fourth-order valence-corrected chi connectivity index (χ4v) is 3.15. The van der Waals surface area contributed by atoms with Gasteiger partial charge in [-0.05, 0) is 31.9 Å². The zero-order valence-electron chi connectivity index (χ0n) is 15.2. The molecule has 0 unspecified atom stereocenters. The highest BCUT2D eigenvalue weighted by Gasteiger charge is 2.20. The molecule has 26 heavy (non-hydrogen) atoms. The summed E-state index contributed by atoms with van der Waals surface area (Å²) in [4.78, 5) is 14.5. The van der Waals surface area contributed by atoms with Crippen LogP contribution in [-0.2, 0) is 4.79 Å². The topological polar surface area (TPSA) is 59.4 Å². The highest BCUT2D eigenvalue weighted by Crippen LogP contribution is 2.17. The molecule has 6 heteroatoms. The Morgan fingerprint density at radius 2 is 2.08 bits per heavy atom. The van der Waals surface area contributed by atoms with Crippen LogP contribution in [0.25, 0.3) is 5.69 Å². The number of aromatic nitrogens is 2. The molecule has 1 aromatic carbocycles. The van der Waals surface area contributed by atoms with Crippen LogP contribution in [0.2, 0.25) is 0 Å². The Labute approximate surface area is 154 Å². The summed E-state index contributed by atoms with van der Waals surface area (Å²) in [6, 6.07) is 10.0. The van der Waals surface area contributed by atoms with Crippen molar-refractivity contribution in [3.8, 4) is 11.6 Å². The third-order valence-corrected chi connectivity index (χ3v) is 4.55. The fourth-order valence-electron chi connectivity index (χ4n) is 3.15. The second kappa shape index (κ2) is 8.67. The maximum absolute atomic E-state index is 12.2. The summed E-state index contributed by atoms with van der Waals surface area (Å²) in [6.45, 7) is 8.56. The average Bonchev–Trinajstić information content (AvgIpc) is 3.03. The van der Waals surface area contributed by atoms with E-state index in [1.54, 1.807) is 4.68 Å². The van der Waals surface area contributed by atoms with Gasteiger partial charge in [0.15, 0.2) is 6.61 Å². The molecule has 1 amide bonds. The highest BCUT2D eigenvalue weighted by atomic mass is 16.5. The predicted octanol–water partition coefficient (Wildman–Crippen LogP) is 2.33. The first-order valence-corrected chi connectivity index (χ1v) is 9.03. The molecule has 1 N–H and O–H groups in total. The lowest BCUT2D eigenvalue weighted by atomic mass is 10.1. The molecule has 1 aromatic heterocycles. The van der Waals surface area contributed by atoms with Gasteiger partial charge >= 0.3 is 0 Å².